The topological polar surface area (TPSA) is 57.3 Å². The molecule has 4 heteroatoms. The van der Waals surface area contributed by atoms with Crippen molar-refractivity contribution in [2.75, 3.05) is 13.2 Å². The first kappa shape index (κ1) is 12.9. The van der Waals surface area contributed by atoms with Crippen molar-refractivity contribution in [1.29, 1.82) is 0 Å². The summed E-state index contributed by atoms with van der Waals surface area (Å²) in [5, 5.41) is 14.0. The van der Waals surface area contributed by atoms with E-state index in [1.54, 1.807) is 0 Å². The molecule has 0 saturated carbocycles. The third-order valence-corrected chi connectivity index (χ3v) is 2.74. The van der Waals surface area contributed by atoms with Crippen molar-refractivity contribution < 1.29 is 9.84 Å². The standard InChI is InChI=1S/C14H20N2O2/c1-10(2)15-7-11(17)9-18-14-8-16-13-6-4-3-5-12(13)14/h3-6,8,10-11,15-17H,7,9H2,1-2H3/t11-/m0/s1. The molecule has 2 aromatic rings. The molecule has 98 valence electrons. The maximum atomic E-state index is 9.77. The predicted octanol–water partition coefficient (Wildman–Crippen LogP) is 1.91. The first-order valence-electron chi connectivity index (χ1n) is 6.27. The number of aromatic nitrogens is 1. The van der Waals surface area contributed by atoms with Crippen LogP contribution in [0.3, 0.4) is 0 Å². The molecule has 1 heterocycles. The summed E-state index contributed by atoms with van der Waals surface area (Å²) in [6.45, 7) is 4.93. The lowest BCUT2D eigenvalue weighted by Gasteiger charge is -2.14. The minimum absolute atomic E-state index is 0.293. The average Bonchev–Trinajstić information content (AvgIpc) is 2.77. The molecule has 0 aliphatic rings. The van der Waals surface area contributed by atoms with Crippen LogP contribution in [0.5, 0.6) is 5.75 Å². The first-order chi connectivity index (χ1) is 8.66. The highest BCUT2D eigenvalue weighted by Crippen LogP contribution is 2.24. The van der Waals surface area contributed by atoms with Crippen molar-refractivity contribution in [3.63, 3.8) is 0 Å². The molecule has 0 bridgehead atoms. The summed E-state index contributed by atoms with van der Waals surface area (Å²) in [6, 6.07) is 8.32. The highest BCUT2D eigenvalue weighted by Gasteiger charge is 2.08. The number of nitrogens with one attached hydrogen (secondary N) is 2. The third kappa shape index (κ3) is 3.24. The summed E-state index contributed by atoms with van der Waals surface area (Å²) in [5.41, 5.74) is 1.04. The summed E-state index contributed by atoms with van der Waals surface area (Å²) in [5.74, 6) is 0.786. The molecule has 0 aliphatic carbocycles. The Hall–Kier alpha value is -1.52. The number of para-hydroxylation sites is 1. The fourth-order valence-electron chi connectivity index (χ4n) is 1.78. The minimum Gasteiger partial charge on any atom is -0.489 e. The Morgan fingerprint density at radius 2 is 2.11 bits per heavy atom. The Labute approximate surface area is 107 Å². The van der Waals surface area contributed by atoms with Gasteiger partial charge in [0, 0.05) is 29.7 Å². The van der Waals surface area contributed by atoms with Gasteiger partial charge in [-0.3, -0.25) is 0 Å². The van der Waals surface area contributed by atoms with Crippen LogP contribution in [0.2, 0.25) is 0 Å². The molecule has 0 unspecified atom stereocenters. The Morgan fingerprint density at radius 3 is 2.89 bits per heavy atom. The fraction of sp³-hybridized carbons (Fsp3) is 0.429. The van der Waals surface area contributed by atoms with Crippen LogP contribution in [0.15, 0.2) is 30.5 Å². The van der Waals surface area contributed by atoms with E-state index in [0.29, 0.717) is 19.2 Å². The summed E-state index contributed by atoms with van der Waals surface area (Å²) in [6.07, 6.45) is 1.33. The number of fused-ring (bicyclic) bond motifs is 1. The van der Waals surface area contributed by atoms with Crippen molar-refractivity contribution >= 4 is 10.9 Å². The van der Waals surface area contributed by atoms with Gasteiger partial charge in [0.05, 0.1) is 0 Å². The molecule has 0 saturated heterocycles. The molecule has 1 aromatic heterocycles. The van der Waals surface area contributed by atoms with Gasteiger partial charge in [0.1, 0.15) is 18.5 Å². The van der Waals surface area contributed by atoms with E-state index in [4.69, 9.17) is 4.74 Å². The minimum atomic E-state index is -0.499. The summed E-state index contributed by atoms with van der Waals surface area (Å²) < 4.78 is 5.63. The monoisotopic (exact) mass is 248 g/mol. The van der Waals surface area contributed by atoms with Gasteiger partial charge in [-0.2, -0.15) is 0 Å². The molecule has 1 atom stereocenters. The molecule has 18 heavy (non-hydrogen) atoms. The lowest BCUT2D eigenvalue weighted by molar-refractivity contribution is 0.105. The summed E-state index contributed by atoms with van der Waals surface area (Å²) in [7, 11) is 0. The fourth-order valence-corrected chi connectivity index (χ4v) is 1.78. The zero-order valence-electron chi connectivity index (χ0n) is 10.8. The Balaban J connectivity index is 1.90. The van der Waals surface area contributed by atoms with E-state index in [1.165, 1.54) is 0 Å². The van der Waals surface area contributed by atoms with Gasteiger partial charge in [-0.25, -0.2) is 0 Å². The molecule has 3 N–H and O–H groups in total. The van der Waals surface area contributed by atoms with Gasteiger partial charge in [0.15, 0.2) is 0 Å². The van der Waals surface area contributed by atoms with Gasteiger partial charge >= 0.3 is 0 Å². The van der Waals surface area contributed by atoms with Crippen LogP contribution in [0, 0.1) is 0 Å². The highest BCUT2D eigenvalue weighted by atomic mass is 16.5. The number of hydrogen-bond donors (Lipinski definition) is 3. The number of aliphatic hydroxyl groups is 1. The highest BCUT2D eigenvalue weighted by molar-refractivity contribution is 5.85. The smallest absolute Gasteiger partial charge is 0.144 e. The van der Waals surface area contributed by atoms with Crippen LogP contribution in [0.25, 0.3) is 10.9 Å². The molecule has 0 fully saturated rings. The Kier molecular flexibility index (Phi) is 4.23. The van der Waals surface area contributed by atoms with E-state index in [9.17, 15) is 5.11 Å². The van der Waals surface area contributed by atoms with E-state index < -0.39 is 6.10 Å². The van der Waals surface area contributed by atoms with E-state index in [2.05, 4.69) is 10.3 Å². The van der Waals surface area contributed by atoms with Crippen LogP contribution < -0.4 is 10.1 Å². The van der Waals surface area contributed by atoms with Gasteiger partial charge in [0.2, 0.25) is 0 Å². The SMILES string of the molecule is CC(C)NC[C@H](O)COc1c[nH]c2ccccc12. The van der Waals surface area contributed by atoms with Gasteiger partial charge in [-0.1, -0.05) is 26.0 Å². The Bertz CT molecular complexity index is 493. The second kappa shape index (κ2) is 5.89. The van der Waals surface area contributed by atoms with Gasteiger partial charge < -0.3 is 20.1 Å². The third-order valence-electron chi connectivity index (χ3n) is 2.74. The number of rotatable bonds is 6. The van der Waals surface area contributed by atoms with Crippen LogP contribution in [0.4, 0.5) is 0 Å². The maximum Gasteiger partial charge on any atom is 0.144 e. The van der Waals surface area contributed by atoms with Crippen molar-refractivity contribution in [3.8, 4) is 5.75 Å². The molecule has 0 amide bonds. The Morgan fingerprint density at radius 1 is 1.33 bits per heavy atom. The molecular formula is C14H20N2O2. The van der Waals surface area contributed by atoms with Crippen molar-refractivity contribution in [2.45, 2.75) is 26.0 Å². The van der Waals surface area contributed by atoms with Crippen LogP contribution in [0.1, 0.15) is 13.8 Å². The normalized spacial score (nSPS) is 13.1. The second-order valence-electron chi connectivity index (χ2n) is 4.73. The van der Waals surface area contributed by atoms with Crippen molar-refractivity contribution in [3.05, 3.63) is 30.5 Å². The molecule has 0 radical (unpaired) electrons. The zero-order valence-corrected chi connectivity index (χ0v) is 10.8. The van der Waals surface area contributed by atoms with Gasteiger partial charge in [-0.15, -0.1) is 0 Å². The molecule has 0 spiro atoms. The van der Waals surface area contributed by atoms with E-state index in [0.717, 1.165) is 16.7 Å². The van der Waals surface area contributed by atoms with Crippen LogP contribution in [-0.4, -0.2) is 35.4 Å². The molecule has 4 nitrogen and oxygen atoms in total. The first-order valence-corrected chi connectivity index (χ1v) is 6.27. The van der Waals surface area contributed by atoms with E-state index in [-0.39, 0.29) is 0 Å². The second-order valence-corrected chi connectivity index (χ2v) is 4.73. The predicted molar refractivity (Wildman–Crippen MR) is 72.9 cm³/mol. The van der Waals surface area contributed by atoms with E-state index in [1.807, 2.05) is 44.3 Å². The number of aromatic amines is 1. The summed E-state index contributed by atoms with van der Waals surface area (Å²) >= 11 is 0. The van der Waals surface area contributed by atoms with Crippen molar-refractivity contribution in [1.82, 2.24) is 10.3 Å². The quantitative estimate of drug-likeness (QED) is 0.732. The number of aliphatic hydroxyl groups excluding tert-OH is 1. The zero-order chi connectivity index (χ0) is 13.0. The number of H-pyrrole nitrogens is 1. The van der Waals surface area contributed by atoms with Crippen LogP contribution in [-0.2, 0) is 0 Å². The number of ether oxygens (including phenoxy) is 1. The molecule has 0 aliphatic heterocycles. The summed E-state index contributed by atoms with van der Waals surface area (Å²) in [4.78, 5) is 3.14. The average molecular weight is 248 g/mol. The molecule has 2 rings (SSSR count). The molecule has 1 aromatic carbocycles. The van der Waals surface area contributed by atoms with Gasteiger partial charge in [0.25, 0.3) is 0 Å². The van der Waals surface area contributed by atoms with Crippen LogP contribution >= 0.6 is 0 Å². The number of hydrogen-bond acceptors (Lipinski definition) is 3. The maximum absolute atomic E-state index is 9.77. The lowest BCUT2D eigenvalue weighted by atomic mass is 10.2. The largest absolute Gasteiger partial charge is 0.489 e. The van der Waals surface area contributed by atoms with Crippen molar-refractivity contribution in [2.24, 2.45) is 0 Å². The lowest BCUT2D eigenvalue weighted by Crippen LogP contribution is -2.35. The van der Waals surface area contributed by atoms with E-state index >= 15 is 0 Å². The van der Waals surface area contributed by atoms with Gasteiger partial charge in [-0.05, 0) is 12.1 Å². The number of benzene rings is 1. The molecular weight excluding hydrogens is 228 g/mol.